The summed E-state index contributed by atoms with van der Waals surface area (Å²) in [5, 5.41) is 13.7. The summed E-state index contributed by atoms with van der Waals surface area (Å²) in [6.45, 7) is 0.383. The average molecular weight is 437 g/mol. The second kappa shape index (κ2) is 8.15. The molecule has 3 aromatic rings. The monoisotopic (exact) mass is 435 g/mol. The van der Waals surface area contributed by atoms with Crippen LogP contribution in [0.2, 0.25) is 5.02 Å². The minimum atomic E-state index is -0.657. The van der Waals surface area contributed by atoms with E-state index in [9.17, 15) is 9.90 Å². The molecule has 25 heavy (non-hydrogen) atoms. The van der Waals surface area contributed by atoms with Crippen molar-refractivity contribution in [1.82, 2.24) is 5.32 Å². The Morgan fingerprint density at radius 1 is 1.16 bits per heavy atom. The lowest BCUT2D eigenvalue weighted by atomic mass is 10.1. The van der Waals surface area contributed by atoms with Gasteiger partial charge in [-0.3, -0.25) is 4.79 Å². The highest BCUT2D eigenvalue weighted by atomic mass is 79.9. The number of hydrogen-bond acceptors (Lipinski definition) is 3. The van der Waals surface area contributed by atoms with E-state index in [0.29, 0.717) is 17.1 Å². The number of hydrogen-bond donors (Lipinski definition) is 2. The Kier molecular flexibility index (Phi) is 5.91. The van der Waals surface area contributed by atoms with Crippen molar-refractivity contribution >= 4 is 44.8 Å². The van der Waals surface area contributed by atoms with Crippen LogP contribution in [0, 0.1) is 0 Å². The molecule has 2 N–H and O–H groups in total. The van der Waals surface area contributed by atoms with Crippen LogP contribution in [0.3, 0.4) is 0 Å². The van der Waals surface area contributed by atoms with E-state index in [1.165, 1.54) is 11.3 Å². The number of thiophene rings is 1. The molecule has 128 valence electrons. The first-order chi connectivity index (χ1) is 12.0. The summed E-state index contributed by atoms with van der Waals surface area (Å²) >= 11 is 10.9. The minimum Gasteiger partial charge on any atom is -0.383 e. The first-order valence-electron chi connectivity index (χ1n) is 7.59. The molecule has 1 heterocycles. The molecule has 3 nitrogen and oxygen atoms in total. The Hall–Kier alpha value is -1.66. The molecule has 0 spiro atoms. The van der Waals surface area contributed by atoms with Gasteiger partial charge in [0.1, 0.15) is 6.10 Å². The highest BCUT2D eigenvalue weighted by molar-refractivity contribution is 9.10. The first-order valence-corrected chi connectivity index (χ1v) is 9.58. The normalized spacial score (nSPS) is 12.0. The lowest BCUT2D eigenvalue weighted by Crippen LogP contribution is -2.22. The Morgan fingerprint density at radius 3 is 2.68 bits per heavy atom. The van der Waals surface area contributed by atoms with Crippen LogP contribution in [-0.4, -0.2) is 11.0 Å². The van der Waals surface area contributed by atoms with Crippen molar-refractivity contribution in [3.63, 3.8) is 0 Å². The topological polar surface area (TPSA) is 49.3 Å². The van der Waals surface area contributed by atoms with Gasteiger partial charge in [-0.1, -0.05) is 57.9 Å². The van der Waals surface area contributed by atoms with Gasteiger partial charge in [0.2, 0.25) is 0 Å². The Bertz CT molecular complexity index is 882. The molecular formula is C19H15BrClNO2S. The number of aliphatic hydroxyl groups excluding tert-OH is 1. The van der Waals surface area contributed by atoms with Crippen LogP contribution >= 0.6 is 38.9 Å². The number of aliphatic hydroxyl groups is 1. The second-order valence-electron chi connectivity index (χ2n) is 5.42. The second-order valence-corrected chi connectivity index (χ2v) is 7.95. The van der Waals surface area contributed by atoms with E-state index in [1.807, 2.05) is 42.5 Å². The van der Waals surface area contributed by atoms with Crippen LogP contribution in [0.15, 0.2) is 65.1 Å². The average Bonchev–Trinajstić information content (AvgIpc) is 3.11. The number of halogens is 2. The van der Waals surface area contributed by atoms with Gasteiger partial charge >= 0.3 is 0 Å². The highest BCUT2D eigenvalue weighted by Crippen LogP contribution is 2.28. The molecule has 1 amide bonds. The molecule has 0 fully saturated rings. The summed E-state index contributed by atoms with van der Waals surface area (Å²) in [6, 6.07) is 18.4. The van der Waals surface area contributed by atoms with Gasteiger partial charge in [-0.2, -0.15) is 0 Å². The molecule has 0 aliphatic rings. The maximum atomic E-state index is 12.3. The standard InChI is InChI=1S/C19H15BrClNO2S/c20-13-6-8-16(21)15(10-13)19(24)22-11-14-7-9-17(25-14)18(23)12-4-2-1-3-5-12/h1-10,18,23H,11H2,(H,22,24). The largest absolute Gasteiger partial charge is 0.383 e. The van der Waals surface area contributed by atoms with E-state index in [4.69, 9.17) is 11.6 Å². The molecule has 1 aromatic heterocycles. The van der Waals surface area contributed by atoms with Crippen LogP contribution in [0.25, 0.3) is 0 Å². The summed E-state index contributed by atoms with van der Waals surface area (Å²) in [5.41, 5.74) is 1.28. The molecule has 0 bridgehead atoms. The van der Waals surface area contributed by atoms with Crippen molar-refractivity contribution in [3.8, 4) is 0 Å². The van der Waals surface area contributed by atoms with Gasteiger partial charge in [-0.15, -0.1) is 11.3 Å². The van der Waals surface area contributed by atoms with Gasteiger partial charge in [0.05, 0.1) is 17.1 Å². The third-order valence-electron chi connectivity index (χ3n) is 3.66. The first kappa shape index (κ1) is 18.1. The van der Waals surface area contributed by atoms with Crippen molar-refractivity contribution in [1.29, 1.82) is 0 Å². The van der Waals surface area contributed by atoms with Gasteiger partial charge in [-0.25, -0.2) is 0 Å². The van der Waals surface area contributed by atoms with Crippen molar-refractivity contribution in [2.75, 3.05) is 0 Å². The summed E-state index contributed by atoms with van der Waals surface area (Å²) < 4.78 is 0.798. The molecular weight excluding hydrogens is 422 g/mol. The fourth-order valence-corrected chi connectivity index (χ4v) is 3.90. The Balaban J connectivity index is 1.66. The third kappa shape index (κ3) is 4.50. The molecule has 6 heteroatoms. The Labute approximate surface area is 163 Å². The van der Waals surface area contributed by atoms with Crippen LogP contribution in [0.1, 0.15) is 31.8 Å². The van der Waals surface area contributed by atoms with Gasteiger partial charge in [0.15, 0.2) is 0 Å². The number of carbonyl (C=O) groups excluding carboxylic acids is 1. The molecule has 2 aromatic carbocycles. The zero-order valence-corrected chi connectivity index (χ0v) is 16.2. The van der Waals surface area contributed by atoms with Crippen molar-refractivity contribution in [2.24, 2.45) is 0 Å². The van der Waals surface area contributed by atoms with E-state index < -0.39 is 6.10 Å². The lowest BCUT2D eigenvalue weighted by molar-refractivity contribution is 0.0951. The number of benzene rings is 2. The molecule has 1 atom stereocenters. The maximum absolute atomic E-state index is 12.3. The highest BCUT2D eigenvalue weighted by Gasteiger charge is 2.14. The van der Waals surface area contributed by atoms with Gasteiger partial charge < -0.3 is 10.4 Å². The van der Waals surface area contributed by atoms with Crippen molar-refractivity contribution < 1.29 is 9.90 Å². The zero-order chi connectivity index (χ0) is 17.8. The number of nitrogens with one attached hydrogen (secondary N) is 1. The fourth-order valence-electron chi connectivity index (χ4n) is 2.37. The van der Waals surface area contributed by atoms with E-state index in [-0.39, 0.29) is 5.91 Å². The van der Waals surface area contributed by atoms with Crippen LogP contribution < -0.4 is 5.32 Å². The number of rotatable bonds is 5. The third-order valence-corrected chi connectivity index (χ3v) is 5.62. The minimum absolute atomic E-state index is 0.232. The molecule has 0 aliphatic carbocycles. The van der Waals surface area contributed by atoms with E-state index in [1.54, 1.807) is 18.2 Å². The van der Waals surface area contributed by atoms with Crippen molar-refractivity contribution in [2.45, 2.75) is 12.6 Å². The number of amides is 1. The zero-order valence-electron chi connectivity index (χ0n) is 13.1. The van der Waals surface area contributed by atoms with E-state index in [2.05, 4.69) is 21.2 Å². The Morgan fingerprint density at radius 2 is 1.92 bits per heavy atom. The van der Waals surface area contributed by atoms with Crippen molar-refractivity contribution in [3.05, 3.63) is 91.0 Å². The molecule has 0 radical (unpaired) electrons. The predicted octanol–water partition coefficient (Wildman–Crippen LogP) is 5.18. The van der Waals surface area contributed by atoms with Gasteiger partial charge in [-0.05, 0) is 35.9 Å². The maximum Gasteiger partial charge on any atom is 0.253 e. The van der Waals surface area contributed by atoms with Crippen LogP contribution in [0.5, 0.6) is 0 Å². The molecule has 1 unspecified atom stereocenters. The summed E-state index contributed by atoms with van der Waals surface area (Å²) in [7, 11) is 0. The molecule has 0 saturated carbocycles. The molecule has 3 rings (SSSR count). The fraction of sp³-hybridized carbons (Fsp3) is 0.105. The van der Waals surface area contributed by atoms with Gasteiger partial charge in [0.25, 0.3) is 5.91 Å². The quantitative estimate of drug-likeness (QED) is 0.579. The van der Waals surface area contributed by atoms with Gasteiger partial charge in [0, 0.05) is 14.2 Å². The predicted molar refractivity (Wildman–Crippen MR) is 105 cm³/mol. The SMILES string of the molecule is O=C(NCc1ccc(C(O)c2ccccc2)s1)c1cc(Br)ccc1Cl. The number of carbonyl (C=O) groups is 1. The smallest absolute Gasteiger partial charge is 0.253 e. The molecule has 0 saturated heterocycles. The molecule has 0 aliphatic heterocycles. The van der Waals surface area contributed by atoms with E-state index >= 15 is 0 Å². The summed E-state index contributed by atoms with van der Waals surface area (Å²) in [4.78, 5) is 14.1. The van der Waals surface area contributed by atoms with Crippen LogP contribution in [-0.2, 0) is 6.54 Å². The van der Waals surface area contributed by atoms with Crippen LogP contribution in [0.4, 0.5) is 0 Å². The summed E-state index contributed by atoms with van der Waals surface area (Å²) in [5.74, 6) is -0.232. The van der Waals surface area contributed by atoms with E-state index in [0.717, 1.165) is 19.8 Å². The summed E-state index contributed by atoms with van der Waals surface area (Å²) in [6.07, 6.45) is -0.657. The lowest BCUT2D eigenvalue weighted by Gasteiger charge is -2.08.